The second kappa shape index (κ2) is 9.14. The van der Waals surface area contributed by atoms with E-state index in [2.05, 4.69) is 10.1 Å². The molecule has 0 atom stereocenters. The lowest BCUT2D eigenvalue weighted by atomic mass is 10.1. The molecule has 0 saturated carbocycles. The molecular formula is C22H20F2N2O3. The van der Waals surface area contributed by atoms with Crippen molar-refractivity contribution in [3.8, 4) is 5.75 Å². The Morgan fingerprint density at radius 1 is 1.00 bits per heavy atom. The van der Waals surface area contributed by atoms with Crippen molar-refractivity contribution < 1.29 is 23.1 Å². The van der Waals surface area contributed by atoms with Crippen LogP contribution in [-0.2, 0) is 11.3 Å². The van der Waals surface area contributed by atoms with Gasteiger partial charge >= 0.3 is 6.61 Å². The van der Waals surface area contributed by atoms with E-state index in [-0.39, 0.29) is 30.7 Å². The zero-order chi connectivity index (χ0) is 20.8. The summed E-state index contributed by atoms with van der Waals surface area (Å²) in [6, 6.07) is 19.1. The largest absolute Gasteiger partial charge is 0.435 e. The number of alkyl halides is 2. The summed E-state index contributed by atoms with van der Waals surface area (Å²) in [5.41, 5.74) is 1.23. The van der Waals surface area contributed by atoms with Gasteiger partial charge in [0.15, 0.2) is 0 Å². The number of amides is 2. The van der Waals surface area contributed by atoms with E-state index in [1.165, 1.54) is 17.0 Å². The number of likely N-dealkylation sites (N-methyl/N-ethyl adjacent to an activating group) is 1. The highest BCUT2D eigenvalue weighted by atomic mass is 19.3. The molecule has 7 heteroatoms. The first-order valence-corrected chi connectivity index (χ1v) is 8.97. The van der Waals surface area contributed by atoms with Gasteiger partial charge in [0.25, 0.3) is 5.91 Å². The minimum absolute atomic E-state index is 0.0559. The summed E-state index contributed by atoms with van der Waals surface area (Å²) in [5, 5.41) is 4.61. The van der Waals surface area contributed by atoms with E-state index < -0.39 is 6.61 Å². The maximum absolute atomic E-state index is 12.3. The van der Waals surface area contributed by atoms with Gasteiger partial charge in [-0.25, -0.2) is 0 Å². The van der Waals surface area contributed by atoms with Crippen LogP contribution in [0.4, 0.5) is 8.78 Å². The Labute approximate surface area is 166 Å². The van der Waals surface area contributed by atoms with Crippen molar-refractivity contribution in [3.05, 3.63) is 77.9 Å². The molecule has 3 aromatic rings. The van der Waals surface area contributed by atoms with Gasteiger partial charge in [0.1, 0.15) is 5.75 Å². The molecule has 1 N–H and O–H groups in total. The van der Waals surface area contributed by atoms with Crippen molar-refractivity contribution >= 4 is 22.6 Å². The molecule has 150 valence electrons. The van der Waals surface area contributed by atoms with Gasteiger partial charge in [-0.3, -0.25) is 9.59 Å². The summed E-state index contributed by atoms with van der Waals surface area (Å²) in [6.07, 6.45) is 0. The van der Waals surface area contributed by atoms with E-state index in [0.29, 0.717) is 5.56 Å². The lowest BCUT2D eigenvalue weighted by molar-refractivity contribution is -0.129. The molecule has 0 saturated heterocycles. The van der Waals surface area contributed by atoms with Gasteiger partial charge in [0, 0.05) is 19.2 Å². The van der Waals surface area contributed by atoms with Crippen molar-refractivity contribution in [2.45, 2.75) is 13.2 Å². The fourth-order valence-electron chi connectivity index (χ4n) is 2.86. The van der Waals surface area contributed by atoms with Crippen LogP contribution in [0.25, 0.3) is 10.8 Å². The second-order valence-electron chi connectivity index (χ2n) is 6.52. The number of nitrogens with one attached hydrogen (secondary N) is 1. The number of carbonyl (C=O) groups is 2. The average molecular weight is 398 g/mol. The van der Waals surface area contributed by atoms with Crippen LogP contribution in [0.3, 0.4) is 0 Å². The fraction of sp³-hybridized carbons (Fsp3) is 0.182. The van der Waals surface area contributed by atoms with Crippen LogP contribution >= 0.6 is 0 Å². The van der Waals surface area contributed by atoms with Crippen molar-refractivity contribution in [3.63, 3.8) is 0 Å². The van der Waals surface area contributed by atoms with Gasteiger partial charge in [-0.2, -0.15) is 8.78 Å². The lowest BCUT2D eigenvalue weighted by Crippen LogP contribution is -2.37. The quantitative estimate of drug-likeness (QED) is 0.658. The highest BCUT2D eigenvalue weighted by Crippen LogP contribution is 2.16. The lowest BCUT2D eigenvalue weighted by Gasteiger charge is -2.18. The zero-order valence-electron chi connectivity index (χ0n) is 15.8. The number of carbonyl (C=O) groups excluding carboxylic acids is 2. The third-order valence-electron chi connectivity index (χ3n) is 4.41. The summed E-state index contributed by atoms with van der Waals surface area (Å²) in [4.78, 5) is 26.1. The highest BCUT2D eigenvalue weighted by molar-refractivity contribution is 5.99. The summed E-state index contributed by atoms with van der Waals surface area (Å²) in [5.74, 6) is -0.543. The predicted octanol–water partition coefficient (Wildman–Crippen LogP) is 3.83. The van der Waals surface area contributed by atoms with Crippen molar-refractivity contribution in [2.75, 3.05) is 13.6 Å². The molecule has 0 radical (unpaired) electrons. The molecular weight excluding hydrogens is 378 g/mol. The van der Waals surface area contributed by atoms with Crippen LogP contribution < -0.4 is 10.1 Å². The molecule has 0 aliphatic rings. The molecule has 0 aliphatic heterocycles. The topological polar surface area (TPSA) is 58.6 Å². The SMILES string of the molecule is CN(Cc1ccc(OC(F)F)cc1)C(=O)CNC(=O)c1ccc2ccccc2c1. The van der Waals surface area contributed by atoms with Gasteiger partial charge in [-0.05, 0) is 40.6 Å². The van der Waals surface area contributed by atoms with Crippen LogP contribution in [-0.4, -0.2) is 36.9 Å². The average Bonchev–Trinajstić information content (AvgIpc) is 2.72. The molecule has 0 unspecified atom stereocenters. The van der Waals surface area contributed by atoms with E-state index in [1.807, 2.05) is 30.3 Å². The maximum Gasteiger partial charge on any atom is 0.387 e. The smallest absolute Gasteiger partial charge is 0.387 e. The van der Waals surface area contributed by atoms with Gasteiger partial charge in [-0.1, -0.05) is 42.5 Å². The summed E-state index contributed by atoms with van der Waals surface area (Å²) in [7, 11) is 1.61. The molecule has 5 nitrogen and oxygen atoms in total. The number of rotatable bonds is 7. The van der Waals surface area contributed by atoms with E-state index in [0.717, 1.165) is 16.3 Å². The molecule has 0 aromatic heterocycles. The van der Waals surface area contributed by atoms with E-state index in [4.69, 9.17) is 0 Å². The Kier molecular flexibility index (Phi) is 6.39. The first kappa shape index (κ1) is 20.3. The Morgan fingerprint density at radius 2 is 1.69 bits per heavy atom. The van der Waals surface area contributed by atoms with Gasteiger partial charge in [0.05, 0.1) is 6.54 Å². The molecule has 0 heterocycles. The van der Waals surface area contributed by atoms with Gasteiger partial charge < -0.3 is 15.0 Å². The molecule has 0 spiro atoms. The third-order valence-corrected chi connectivity index (χ3v) is 4.41. The normalized spacial score (nSPS) is 10.8. The number of hydrogen-bond donors (Lipinski definition) is 1. The number of halogens is 2. The molecule has 2 amide bonds. The van der Waals surface area contributed by atoms with Crippen LogP contribution in [0, 0.1) is 0 Å². The van der Waals surface area contributed by atoms with Crippen LogP contribution in [0.2, 0.25) is 0 Å². The molecule has 0 aliphatic carbocycles. The molecule has 3 rings (SSSR count). The predicted molar refractivity (Wildman–Crippen MR) is 106 cm³/mol. The Bertz CT molecular complexity index is 1010. The highest BCUT2D eigenvalue weighted by Gasteiger charge is 2.13. The number of benzene rings is 3. The van der Waals surface area contributed by atoms with Crippen LogP contribution in [0.5, 0.6) is 5.75 Å². The van der Waals surface area contributed by atoms with Crippen molar-refractivity contribution in [2.24, 2.45) is 0 Å². The standard InChI is InChI=1S/C22H20F2N2O3/c1-26(14-15-6-10-19(11-7-15)29-22(23)24)20(27)13-25-21(28)18-9-8-16-4-2-3-5-17(16)12-18/h2-12,22H,13-14H2,1H3,(H,25,28). The Morgan fingerprint density at radius 3 is 2.38 bits per heavy atom. The van der Waals surface area contributed by atoms with Crippen LogP contribution in [0.15, 0.2) is 66.7 Å². The minimum atomic E-state index is -2.88. The van der Waals surface area contributed by atoms with E-state index in [1.54, 1.807) is 31.3 Å². The maximum atomic E-state index is 12.3. The van der Waals surface area contributed by atoms with E-state index in [9.17, 15) is 18.4 Å². The number of hydrogen-bond acceptors (Lipinski definition) is 3. The van der Waals surface area contributed by atoms with E-state index >= 15 is 0 Å². The summed E-state index contributed by atoms with van der Waals surface area (Å²) >= 11 is 0. The monoisotopic (exact) mass is 398 g/mol. The molecule has 3 aromatic carbocycles. The summed E-state index contributed by atoms with van der Waals surface area (Å²) < 4.78 is 28.6. The van der Waals surface area contributed by atoms with Crippen molar-refractivity contribution in [1.29, 1.82) is 0 Å². The fourth-order valence-corrected chi connectivity index (χ4v) is 2.86. The minimum Gasteiger partial charge on any atom is -0.435 e. The molecule has 0 bridgehead atoms. The first-order valence-electron chi connectivity index (χ1n) is 8.97. The number of fused-ring (bicyclic) bond motifs is 1. The van der Waals surface area contributed by atoms with Crippen molar-refractivity contribution in [1.82, 2.24) is 10.2 Å². The molecule has 0 fully saturated rings. The third kappa shape index (κ3) is 5.51. The summed E-state index contributed by atoms with van der Waals surface area (Å²) in [6.45, 7) is -2.75. The van der Waals surface area contributed by atoms with Gasteiger partial charge in [-0.15, -0.1) is 0 Å². The molecule has 29 heavy (non-hydrogen) atoms. The van der Waals surface area contributed by atoms with Crippen LogP contribution in [0.1, 0.15) is 15.9 Å². The Hall–Kier alpha value is -3.48. The first-order chi connectivity index (χ1) is 13.9. The zero-order valence-corrected chi connectivity index (χ0v) is 15.8. The Balaban J connectivity index is 1.53. The number of nitrogens with zero attached hydrogens (tertiary/aromatic N) is 1. The second-order valence-corrected chi connectivity index (χ2v) is 6.52. The number of ether oxygens (including phenoxy) is 1. The van der Waals surface area contributed by atoms with Gasteiger partial charge in [0.2, 0.25) is 5.91 Å².